The van der Waals surface area contributed by atoms with Crippen LogP contribution >= 0.6 is 0 Å². The summed E-state index contributed by atoms with van der Waals surface area (Å²) in [7, 11) is 0. The van der Waals surface area contributed by atoms with E-state index >= 15 is 0 Å². The lowest BCUT2D eigenvalue weighted by Crippen LogP contribution is -2.21. The number of rotatable bonds is 4. The number of nitrogens with one attached hydrogen (secondary N) is 2. The van der Waals surface area contributed by atoms with E-state index < -0.39 is 0 Å². The van der Waals surface area contributed by atoms with Crippen molar-refractivity contribution in [3.05, 3.63) is 49.1 Å². The molecule has 0 bridgehead atoms. The van der Waals surface area contributed by atoms with Crippen LogP contribution in [-0.2, 0) is 4.79 Å². The van der Waals surface area contributed by atoms with E-state index in [0.717, 1.165) is 5.69 Å². The van der Waals surface area contributed by atoms with Gasteiger partial charge in [0, 0.05) is 5.69 Å². The van der Waals surface area contributed by atoms with Crippen molar-refractivity contribution in [1.29, 1.82) is 0 Å². The largest absolute Gasteiger partial charge is 0.376 e. The molecule has 0 saturated heterocycles. The molecule has 1 amide bonds. The third kappa shape index (κ3) is 3.57. The first-order valence-electron chi connectivity index (χ1n) is 5.18. The van der Waals surface area contributed by atoms with E-state index in [1.165, 1.54) is 6.33 Å². The summed E-state index contributed by atoms with van der Waals surface area (Å²) in [6, 6.07) is 9.54. The quantitative estimate of drug-likeness (QED) is 0.832. The van der Waals surface area contributed by atoms with Gasteiger partial charge in [-0.15, -0.1) is 0 Å². The molecule has 0 spiro atoms. The number of amides is 1. The van der Waals surface area contributed by atoms with Gasteiger partial charge in [-0.2, -0.15) is 0 Å². The molecular weight excluding hydrogens is 216 g/mol. The summed E-state index contributed by atoms with van der Waals surface area (Å²) in [5.41, 5.74) is 1.50. The Balaban J connectivity index is 1.83. The van der Waals surface area contributed by atoms with Crippen LogP contribution in [0.15, 0.2) is 49.1 Å². The van der Waals surface area contributed by atoms with Crippen LogP contribution in [0.1, 0.15) is 0 Å². The van der Waals surface area contributed by atoms with E-state index in [1.54, 1.807) is 12.4 Å². The number of hydrogen-bond acceptors (Lipinski definition) is 4. The minimum Gasteiger partial charge on any atom is -0.376 e. The normalized spacial score (nSPS) is 9.65. The highest BCUT2D eigenvalue weighted by molar-refractivity contribution is 5.93. The highest BCUT2D eigenvalue weighted by Crippen LogP contribution is 2.04. The molecule has 2 rings (SSSR count). The predicted octanol–water partition coefficient (Wildman–Crippen LogP) is 1.53. The number of nitrogens with zero attached hydrogens (tertiary/aromatic N) is 2. The Labute approximate surface area is 98.9 Å². The van der Waals surface area contributed by atoms with Gasteiger partial charge in [-0.1, -0.05) is 18.2 Å². The molecule has 86 valence electrons. The van der Waals surface area contributed by atoms with Crippen LogP contribution < -0.4 is 10.6 Å². The van der Waals surface area contributed by atoms with E-state index in [4.69, 9.17) is 0 Å². The standard InChI is InChI=1S/C12H12N4O/c17-12(16-11-6-13-9-14-7-11)8-15-10-4-2-1-3-5-10/h1-7,9,15H,8H2,(H,16,17). The van der Waals surface area contributed by atoms with E-state index in [2.05, 4.69) is 20.6 Å². The minimum absolute atomic E-state index is 0.136. The Bertz CT molecular complexity index is 472. The summed E-state index contributed by atoms with van der Waals surface area (Å²) >= 11 is 0. The fraction of sp³-hybridized carbons (Fsp3) is 0.0833. The van der Waals surface area contributed by atoms with Gasteiger partial charge in [0.25, 0.3) is 0 Å². The molecule has 2 N–H and O–H groups in total. The molecule has 0 saturated carbocycles. The van der Waals surface area contributed by atoms with Gasteiger partial charge in [-0.3, -0.25) is 4.79 Å². The fourth-order valence-corrected chi connectivity index (χ4v) is 1.31. The minimum atomic E-state index is -0.136. The van der Waals surface area contributed by atoms with Crippen LogP contribution in [-0.4, -0.2) is 22.4 Å². The SMILES string of the molecule is O=C(CNc1ccccc1)Nc1cncnc1. The molecule has 5 nitrogen and oxygen atoms in total. The Kier molecular flexibility index (Phi) is 3.64. The maximum absolute atomic E-state index is 11.6. The lowest BCUT2D eigenvalue weighted by atomic mass is 10.3. The first-order valence-corrected chi connectivity index (χ1v) is 5.18. The molecule has 0 aliphatic rings. The zero-order valence-corrected chi connectivity index (χ0v) is 9.13. The number of carbonyl (C=O) groups is 1. The molecule has 1 aromatic heterocycles. The van der Waals surface area contributed by atoms with Crippen molar-refractivity contribution in [2.75, 3.05) is 17.2 Å². The second kappa shape index (κ2) is 5.60. The van der Waals surface area contributed by atoms with Gasteiger partial charge in [0.05, 0.1) is 24.6 Å². The topological polar surface area (TPSA) is 66.9 Å². The Hall–Kier alpha value is -2.43. The summed E-state index contributed by atoms with van der Waals surface area (Å²) in [6.45, 7) is 0.207. The van der Waals surface area contributed by atoms with Gasteiger partial charge in [0.2, 0.25) is 5.91 Å². The van der Waals surface area contributed by atoms with Crippen molar-refractivity contribution in [3.8, 4) is 0 Å². The predicted molar refractivity (Wildman–Crippen MR) is 65.6 cm³/mol. The van der Waals surface area contributed by atoms with Crippen molar-refractivity contribution >= 4 is 17.3 Å². The highest BCUT2D eigenvalue weighted by atomic mass is 16.1. The molecule has 0 unspecified atom stereocenters. The molecule has 1 heterocycles. The lowest BCUT2D eigenvalue weighted by molar-refractivity contribution is -0.114. The van der Waals surface area contributed by atoms with Crippen LogP contribution in [0.4, 0.5) is 11.4 Å². The average molecular weight is 228 g/mol. The second-order valence-electron chi connectivity index (χ2n) is 3.39. The Morgan fingerprint density at radius 1 is 1.06 bits per heavy atom. The number of para-hydroxylation sites is 1. The third-order valence-electron chi connectivity index (χ3n) is 2.07. The van der Waals surface area contributed by atoms with Crippen LogP contribution in [0.2, 0.25) is 0 Å². The third-order valence-corrected chi connectivity index (χ3v) is 2.07. The van der Waals surface area contributed by atoms with Crippen molar-refractivity contribution < 1.29 is 4.79 Å². The molecule has 1 aromatic carbocycles. The first kappa shape index (κ1) is 11.1. The van der Waals surface area contributed by atoms with Gasteiger partial charge >= 0.3 is 0 Å². The average Bonchev–Trinajstić information content (AvgIpc) is 2.39. The van der Waals surface area contributed by atoms with Crippen LogP contribution in [0.25, 0.3) is 0 Å². The molecule has 0 aliphatic carbocycles. The number of hydrogen-bond donors (Lipinski definition) is 2. The zero-order chi connectivity index (χ0) is 11.9. The summed E-state index contributed by atoms with van der Waals surface area (Å²) < 4.78 is 0. The maximum Gasteiger partial charge on any atom is 0.243 e. The smallest absolute Gasteiger partial charge is 0.243 e. The van der Waals surface area contributed by atoms with E-state index in [9.17, 15) is 4.79 Å². The molecule has 5 heteroatoms. The van der Waals surface area contributed by atoms with Gasteiger partial charge in [0.1, 0.15) is 6.33 Å². The van der Waals surface area contributed by atoms with Crippen molar-refractivity contribution in [3.63, 3.8) is 0 Å². The van der Waals surface area contributed by atoms with E-state index in [-0.39, 0.29) is 12.5 Å². The lowest BCUT2D eigenvalue weighted by Gasteiger charge is -2.06. The van der Waals surface area contributed by atoms with Crippen molar-refractivity contribution in [2.45, 2.75) is 0 Å². The Morgan fingerprint density at radius 3 is 2.47 bits per heavy atom. The van der Waals surface area contributed by atoms with Crippen LogP contribution in [0, 0.1) is 0 Å². The number of aromatic nitrogens is 2. The molecule has 0 fully saturated rings. The van der Waals surface area contributed by atoms with Gasteiger partial charge in [-0.25, -0.2) is 9.97 Å². The highest BCUT2D eigenvalue weighted by Gasteiger charge is 2.01. The summed E-state index contributed by atoms with van der Waals surface area (Å²) in [4.78, 5) is 19.2. The van der Waals surface area contributed by atoms with Gasteiger partial charge < -0.3 is 10.6 Å². The van der Waals surface area contributed by atoms with Crippen molar-refractivity contribution in [1.82, 2.24) is 9.97 Å². The number of benzene rings is 1. The molecule has 0 radical (unpaired) electrons. The second-order valence-corrected chi connectivity index (χ2v) is 3.39. The molecular formula is C12H12N4O. The summed E-state index contributed by atoms with van der Waals surface area (Å²) in [5.74, 6) is -0.136. The van der Waals surface area contributed by atoms with Crippen molar-refractivity contribution in [2.24, 2.45) is 0 Å². The molecule has 0 atom stereocenters. The first-order chi connectivity index (χ1) is 8.34. The molecule has 0 aliphatic heterocycles. The van der Waals surface area contributed by atoms with E-state index in [0.29, 0.717) is 5.69 Å². The number of carbonyl (C=O) groups excluding carboxylic acids is 1. The van der Waals surface area contributed by atoms with Crippen LogP contribution in [0.3, 0.4) is 0 Å². The summed E-state index contributed by atoms with van der Waals surface area (Å²) in [6.07, 6.45) is 4.51. The van der Waals surface area contributed by atoms with Crippen LogP contribution in [0.5, 0.6) is 0 Å². The summed E-state index contributed by atoms with van der Waals surface area (Å²) in [5, 5.41) is 5.70. The molecule has 2 aromatic rings. The molecule has 17 heavy (non-hydrogen) atoms. The Morgan fingerprint density at radius 2 is 1.76 bits per heavy atom. The number of anilines is 2. The fourth-order valence-electron chi connectivity index (χ4n) is 1.31. The van der Waals surface area contributed by atoms with Gasteiger partial charge in [-0.05, 0) is 12.1 Å². The monoisotopic (exact) mass is 228 g/mol. The van der Waals surface area contributed by atoms with E-state index in [1.807, 2.05) is 30.3 Å². The van der Waals surface area contributed by atoms with Gasteiger partial charge in [0.15, 0.2) is 0 Å². The maximum atomic E-state index is 11.6. The zero-order valence-electron chi connectivity index (χ0n) is 9.13.